The number of aromatic nitrogens is 2. The second-order valence-electron chi connectivity index (χ2n) is 6.01. The number of hydrogen-bond acceptors (Lipinski definition) is 3. The van der Waals surface area contributed by atoms with Crippen LogP contribution >= 0.6 is 11.6 Å². The van der Waals surface area contributed by atoms with Crippen molar-refractivity contribution in [1.82, 2.24) is 13.4 Å². The molecule has 0 radical (unpaired) electrons. The van der Waals surface area contributed by atoms with E-state index in [0.717, 1.165) is 4.31 Å². The molecule has 138 valence electrons. The number of nitrogens with zero attached hydrogens (tertiary/aromatic N) is 3. The number of aryl methyl sites for hydroxylation is 2. The average Bonchev–Trinajstić information content (AvgIpc) is 2.82. The van der Waals surface area contributed by atoms with E-state index in [1.165, 1.54) is 46.5 Å². The van der Waals surface area contributed by atoms with E-state index < -0.39 is 15.8 Å². The van der Waals surface area contributed by atoms with Gasteiger partial charge in [-0.05, 0) is 30.3 Å². The summed E-state index contributed by atoms with van der Waals surface area (Å²) in [5.41, 5.74) is 0.974. The van der Waals surface area contributed by atoms with Crippen molar-refractivity contribution >= 4 is 32.7 Å². The highest BCUT2D eigenvalue weighted by atomic mass is 35.5. The number of imidazole rings is 1. The van der Waals surface area contributed by atoms with E-state index in [0.29, 0.717) is 11.0 Å². The molecule has 0 N–H and O–H groups in total. The van der Waals surface area contributed by atoms with Crippen LogP contribution < -0.4 is 5.69 Å². The standard InChI is InChI=1S/C17H17ClFN3O3S/c1-20(10-12-13(18)5-4-6-14(12)19)26(24,25)11-7-8-15-16(9-11)22(3)17(23)21(15)2/h4-9H,10H2,1-3H3. The van der Waals surface area contributed by atoms with Crippen molar-refractivity contribution in [1.29, 1.82) is 0 Å². The molecule has 0 fully saturated rings. The summed E-state index contributed by atoms with van der Waals surface area (Å²) in [6.07, 6.45) is 0. The Morgan fingerprint density at radius 2 is 1.77 bits per heavy atom. The summed E-state index contributed by atoms with van der Waals surface area (Å²) >= 11 is 5.99. The van der Waals surface area contributed by atoms with E-state index in [9.17, 15) is 17.6 Å². The lowest BCUT2D eigenvalue weighted by Gasteiger charge is -2.18. The van der Waals surface area contributed by atoms with Crippen LogP contribution in [0.4, 0.5) is 4.39 Å². The highest BCUT2D eigenvalue weighted by molar-refractivity contribution is 7.89. The van der Waals surface area contributed by atoms with Gasteiger partial charge in [0.05, 0.1) is 15.9 Å². The van der Waals surface area contributed by atoms with Crippen molar-refractivity contribution in [3.8, 4) is 0 Å². The van der Waals surface area contributed by atoms with E-state index in [1.54, 1.807) is 20.2 Å². The van der Waals surface area contributed by atoms with Gasteiger partial charge >= 0.3 is 5.69 Å². The fourth-order valence-electron chi connectivity index (χ4n) is 2.82. The number of fused-ring (bicyclic) bond motifs is 1. The number of sulfonamides is 1. The lowest BCUT2D eigenvalue weighted by molar-refractivity contribution is 0.456. The Hall–Kier alpha value is -2.16. The highest BCUT2D eigenvalue weighted by Gasteiger charge is 2.24. The van der Waals surface area contributed by atoms with Gasteiger partial charge in [-0.25, -0.2) is 17.6 Å². The zero-order valence-electron chi connectivity index (χ0n) is 14.4. The zero-order chi connectivity index (χ0) is 19.2. The van der Waals surface area contributed by atoms with Gasteiger partial charge in [0.2, 0.25) is 10.0 Å². The van der Waals surface area contributed by atoms with Crippen molar-refractivity contribution in [3.05, 3.63) is 63.3 Å². The average molecular weight is 398 g/mol. The summed E-state index contributed by atoms with van der Waals surface area (Å²) in [5.74, 6) is -0.569. The number of halogens is 2. The molecule has 0 saturated carbocycles. The van der Waals surface area contributed by atoms with E-state index in [-0.39, 0.29) is 27.7 Å². The van der Waals surface area contributed by atoms with Gasteiger partial charge in [-0.2, -0.15) is 4.31 Å². The largest absolute Gasteiger partial charge is 0.328 e. The Labute approximate surface area is 155 Å². The molecule has 0 bridgehead atoms. The molecule has 0 saturated heterocycles. The minimum Gasteiger partial charge on any atom is -0.295 e. The van der Waals surface area contributed by atoms with Crippen LogP contribution in [0.25, 0.3) is 11.0 Å². The summed E-state index contributed by atoms with van der Waals surface area (Å²) in [6, 6.07) is 8.63. The molecule has 0 aliphatic heterocycles. The molecule has 3 rings (SSSR count). The Morgan fingerprint density at radius 1 is 1.12 bits per heavy atom. The van der Waals surface area contributed by atoms with Crippen LogP contribution in [0.5, 0.6) is 0 Å². The van der Waals surface area contributed by atoms with E-state index in [2.05, 4.69) is 0 Å². The molecule has 1 heterocycles. The maximum absolute atomic E-state index is 14.0. The fraction of sp³-hybridized carbons (Fsp3) is 0.235. The van der Waals surface area contributed by atoms with Gasteiger partial charge in [-0.3, -0.25) is 9.13 Å². The Morgan fingerprint density at radius 3 is 2.42 bits per heavy atom. The summed E-state index contributed by atoms with van der Waals surface area (Å²) < 4.78 is 43.6. The first-order chi connectivity index (χ1) is 12.1. The van der Waals surface area contributed by atoms with E-state index in [4.69, 9.17) is 11.6 Å². The number of hydrogen-bond donors (Lipinski definition) is 0. The summed E-state index contributed by atoms with van der Waals surface area (Å²) in [6.45, 7) is -0.209. The molecule has 0 atom stereocenters. The molecule has 0 aliphatic carbocycles. The topological polar surface area (TPSA) is 64.3 Å². The molecule has 9 heteroatoms. The molecule has 6 nitrogen and oxygen atoms in total. The van der Waals surface area contributed by atoms with Crippen LogP contribution in [0.3, 0.4) is 0 Å². The first kappa shape index (κ1) is 18.6. The summed E-state index contributed by atoms with van der Waals surface area (Å²) in [7, 11) is 0.644. The molecule has 0 spiro atoms. The molecule has 0 amide bonds. The van der Waals surface area contributed by atoms with Gasteiger partial charge in [0, 0.05) is 38.3 Å². The monoisotopic (exact) mass is 397 g/mol. The smallest absolute Gasteiger partial charge is 0.295 e. The predicted octanol–water partition coefficient (Wildman–Crippen LogP) is 2.49. The van der Waals surface area contributed by atoms with Gasteiger partial charge < -0.3 is 0 Å². The Kier molecular flexibility index (Phi) is 4.68. The lowest BCUT2D eigenvalue weighted by atomic mass is 10.2. The first-order valence-electron chi connectivity index (χ1n) is 7.69. The Bertz CT molecular complexity index is 1150. The van der Waals surface area contributed by atoms with Crippen LogP contribution in [0.2, 0.25) is 5.02 Å². The van der Waals surface area contributed by atoms with Crippen molar-refractivity contribution < 1.29 is 12.8 Å². The molecule has 0 unspecified atom stereocenters. The fourth-order valence-corrected chi connectivity index (χ4v) is 4.20. The van der Waals surface area contributed by atoms with Gasteiger partial charge in [0.15, 0.2) is 0 Å². The highest BCUT2D eigenvalue weighted by Crippen LogP contribution is 2.25. The quantitative estimate of drug-likeness (QED) is 0.679. The molecular weight excluding hydrogens is 381 g/mol. The van der Waals surface area contributed by atoms with Gasteiger partial charge in [-0.15, -0.1) is 0 Å². The van der Waals surface area contributed by atoms with Crippen molar-refractivity contribution in [2.24, 2.45) is 14.1 Å². The van der Waals surface area contributed by atoms with Crippen LogP contribution in [-0.4, -0.2) is 28.9 Å². The lowest BCUT2D eigenvalue weighted by Crippen LogP contribution is -2.27. The minimum atomic E-state index is -3.90. The molecule has 3 aromatic rings. The first-order valence-corrected chi connectivity index (χ1v) is 9.51. The van der Waals surface area contributed by atoms with Crippen molar-refractivity contribution in [2.45, 2.75) is 11.4 Å². The van der Waals surface area contributed by atoms with Gasteiger partial charge in [-0.1, -0.05) is 17.7 Å². The predicted molar refractivity (Wildman–Crippen MR) is 98.2 cm³/mol. The van der Waals surface area contributed by atoms with Gasteiger partial charge in [0.25, 0.3) is 0 Å². The Balaban J connectivity index is 2.03. The third-order valence-corrected chi connectivity index (χ3v) is 6.55. The van der Waals surface area contributed by atoms with Crippen LogP contribution in [0, 0.1) is 5.82 Å². The van der Waals surface area contributed by atoms with Crippen LogP contribution in [0.1, 0.15) is 5.56 Å². The van der Waals surface area contributed by atoms with E-state index >= 15 is 0 Å². The number of benzene rings is 2. The second kappa shape index (κ2) is 6.53. The summed E-state index contributed by atoms with van der Waals surface area (Å²) in [4.78, 5) is 12.0. The second-order valence-corrected chi connectivity index (χ2v) is 8.46. The van der Waals surface area contributed by atoms with E-state index in [1.807, 2.05) is 0 Å². The number of rotatable bonds is 4. The molecule has 1 aromatic heterocycles. The third kappa shape index (κ3) is 2.94. The van der Waals surface area contributed by atoms with Crippen LogP contribution in [-0.2, 0) is 30.7 Å². The zero-order valence-corrected chi connectivity index (χ0v) is 16.0. The van der Waals surface area contributed by atoms with Crippen molar-refractivity contribution in [3.63, 3.8) is 0 Å². The van der Waals surface area contributed by atoms with Gasteiger partial charge in [0.1, 0.15) is 5.82 Å². The summed E-state index contributed by atoms with van der Waals surface area (Å²) in [5, 5.41) is 0.160. The normalized spacial score (nSPS) is 12.2. The maximum Gasteiger partial charge on any atom is 0.328 e. The maximum atomic E-state index is 14.0. The minimum absolute atomic E-state index is 0.0150. The molecule has 26 heavy (non-hydrogen) atoms. The SMILES string of the molecule is CN(Cc1c(F)cccc1Cl)S(=O)(=O)c1ccc2c(c1)n(C)c(=O)n2C. The van der Waals surface area contributed by atoms with Crippen molar-refractivity contribution in [2.75, 3.05) is 7.05 Å². The molecule has 2 aromatic carbocycles. The molecule has 0 aliphatic rings. The third-order valence-electron chi connectivity index (χ3n) is 4.39. The molecular formula is C17H17ClFN3O3S. The van der Waals surface area contributed by atoms with Crippen LogP contribution in [0.15, 0.2) is 46.1 Å².